The first-order valence-corrected chi connectivity index (χ1v) is 10.9. The van der Waals surface area contributed by atoms with Gasteiger partial charge in [0.25, 0.3) is 0 Å². The first-order valence-electron chi connectivity index (χ1n) is 10.5. The van der Waals surface area contributed by atoms with Crippen LogP contribution in [-0.2, 0) is 6.42 Å². The molecule has 1 atom stereocenters. The number of benzene rings is 3. The Morgan fingerprint density at radius 3 is 2.18 bits per heavy atom. The molecule has 1 aliphatic carbocycles. The minimum atomic E-state index is -0.461. The van der Waals surface area contributed by atoms with Gasteiger partial charge in [-0.2, -0.15) is 0 Å². The fourth-order valence-electron chi connectivity index (χ4n) is 4.86. The van der Waals surface area contributed by atoms with Crippen LogP contribution in [0.25, 0.3) is 0 Å². The van der Waals surface area contributed by atoms with E-state index in [1.54, 1.807) is 13.0 Å². The van der Waals surface area contributed by atoms with Crippen LogP contribution in [0, 0.1) is 17.0 Å². The van der Waals surface area contributed by atoms with Crippen molar-refractivity contribution in [3.8, 4) is 0 Å². The van der Waals surface area contributed by atoms with Crippen LogP contribution in [0.3, 0.4) is 0 Å². The van der Waals surface area contributed by atoms with Gasteiger partial charge in [-0.25, -0.2) is 0 Å². The Morgan fingerprint density at radius 2 is 1.58 bits per heavy atom. The molecule has 1 aromatic heterocycles. The molecule has 0 spiro atoms. The zero-order valence-electron chi connectivity index (χ0n) is 17.7. The molecule has 3 aromatic carbocycles. The minimum Gasteiger partial charge on any atom is -0.354 e. The normalized spacial score (nSPS) is 13.9. The van der Waals surface area contributed by atoms with Crippen molar-refractivity contribution < 1.29 is 14.2 Å². The van der Waals surface area contributed by atoms with E-state index in [9.17, 15) is 14.9 Å². The summed E-state index contributed by atoms with van der Waals surface area (Å²) in [6.45, 7) is 1.56. The van der Waals surface area contributed by atoms with E-state index >= 15 is 0 Å². The lowest BCUT2D eigenvalue weighted by molar-refractivity contribution is -0.386. The average Bonchev–Trinajstić information content (AvgIpc) is 3.19. The van der Waals surface area contributed by atoms with Gasteiger partial charge in [-0.15, -0.1) is 0 Å². The Balaban J connectivity index is 1.75. The fraction of sp³-hybridized carbons (Fsp3) is 0.154. The highest BCUT2D eigenvalue weighted by molar-refractivity contribution is 6.31. The van der Waals surface area contributed by atoms with Gasteiger partial charge in [0, 0.05) is 34.4 Å². The summed E-state index contributed by atoms with van der Waals surface area (Å²) in [6, 6.07) is 22.5. The van der Waals surface area contributed by atoms with Crippen molar-refractivity contribution in [3.63, 3.8) is 0 Å². The molecule has 0 saturated carbocycles. The third-order valence-corrected chi connectivity index (χ3v) is 6.62. The number of halogens is 1. The summed E-state index contributed by atoms with van der Waals surface area (Å²) in [5.41, 5.74) is 3.91. The van der Waals surface area contributed by atoms with E-state index in [-0.39, 0.29) is 41.2 Å². The summed E-state index contributed by atoms with van der Waals surface area (Å²) in [6.07, 6.45) is 0.197. The first-order chi connectivity index (χ1) is 16.0. The third kappa shape index (κ3) is 3.52. The van der Waals surface area contributed by atoms with Crippen LogP contribution in [0.2, 0.25) is 5.02 Å². The van der Waals surface area contributed by atoms with Crippen LogP contribution >= 0.6 is 11.6 Å². The molecule has 0 N–H and O–H groups in total. The lowest BCUT2D eigenvalue weighted by Gasteiger charge is -2.34. The SMILES string of the molecule is Cc1noc(CC(c2ccccc2Cl)C2c3ccccc3C(=O)c3ccccc32)c1[N+](=O)[O-]. The number of hydrogen-bond acceptors (Lipinski definition) is 5. The summed E-state index contributed by atoms with van der Waals surface area (Å²) < 4.78 is 5.43. The van der Waals surface area contributed by atoms with Crippen molar-refractivity contribution in [3.05, 3.63) is 127 Å². The molecule has 0 saturated heterocycles. The number of carbonyl (C=O) groups is 1. The Kier molecular flexibility index (Phi) is 5.30. The van der Waals surface area contributed by atoms with Crippen molar-refractivity contribution in [2.75, 3.05) is 0 Å². The zero-order valence-corrected chi connectivity index (χ0v) is 18.5. The monoisotopic (exact) mass is 458 g/mol. The number of hydrogen-bond donors (Lipinski definition) is 0. The third-order valence-electron chi connectivity index (χ3n) is 6.28. The van der Waals surface area contributed by atoms with Crippen LogP contribution in [0.4, 0.5) is 5.69 Å². The van der Waals surface area contributed by atoms with Gasteiger partial charge in [0.1, 0.15) is 0 Å². The predicted molar refractivity (Wildman–Crippen MR) is 124 cm³/mol. The van der Waals surface area contributed by atoms with Crippen LogP contribution in [-0.4, -0.2) is 15.9 Å². The second kappa shape index (κ2) is 8.30. The molecule has 164 valence electrons. The fourth-order valence-corrected chi connectivity index (χ4v) is 5.13. The van der Waals surface area contributed by atoms with Gasteiger partial charge < -0.3 is 4.52 Å². The molecule has 0 fully saturated rings. The topological polar surface area (TPSA) is 86.2 Å². The summed E-state index contributed by atoms with van der Waals surface area (Å²) in [5, 5.41) is 16.1. The standard InChI is InChI=1S/C26H19ClN2O4/c1-15-25(29(31)32)23(33-28-15)14-21(16-8-6-7-13-22(16)27)24-17-9-2-4-11-19(17)26(30)20-12-5-3-10-18(20)24/h2-13,21,24H,14H2,1H3. The largest absolute Gasteiger partial charge is 0.354 e. The predicted octanol–water partition coefficient (Wildman–Crippen LogP) is 6.25. The molecule has 1 unspecified atom stereocenters. The molecule has 7 heteroatoms. The number of aryl methyl sites for hydroxylation is 1. The summed E-state index contributed by atoms with van der Waals surface area (Å²) in [5.74, 6) is -0.439. The molecular formula is C26H19ClN2O4. The molecule has 33 heavy (non-hydrogen) atoms. The molecule has 0 aliphatic heterocycles. The Bertz CT molecular complexity index is 1350. The van der Waals surface area contributed by atoms with E-state index in [4.69, 9.17) is 16.1 Å². The molecule has 4 aromatic rings. The molecule has 0 bridgehead atoms. The smallest absolute Gasteiger partial charge is 0.334 e. The van der Waals surface area contributed by atoms with Gasteiger partial charge in [-0.05, 0) is 29.7 Å². The van der Waals surface area contributed by atoms with E-state index in [1.807, 2.05) is 66.7 Å². The zero-order chi connectivity index (χ0) is 23.1. The summed E-state index contributed by atoms with van der Waals surface area (Å²) in [4.78, 5) is 24.5. The number of aromatic nitrogens is 1. The number of carbonyl (C=O) groups excluding carboxylic acids is 1. The Labute approximate surface area is 195 Å². The number of fused-ring (bicyclic) bond motifs is 2. The number of rotatable bonds is 5. The molecule has 1 heterocycles. The number of nitrogens with zero attached hydrogens (tertiary/aromatic N) is 2. The Hall–Kier alpha value is -3.77. The molecular weight excluding hydrogens is 440 g/mol. The van der Waals surface area contributed by atoms with Gasteiger partial charge in [-0.3, -0.25) is 14.9 Å². The van der Waals surface area contributed by atoms with Crippen molar-refractivity contribution in [1.29, 1.82) is 0 Å². The summed E-state index contributed by atoms with van der Waals surface area (Å²) in [7, 11) is 0. The van der Waals surface area contributed by atoms with Crippen molar-refractivity contribution in [1.82, 2.24) is 5.16 Å². The maximum atomic E-state index is 13.2. The summed E-state index contributed by atoms with van der Waals surface area (Å²) >= 11 is 6.65. The maximum Gasteiger partial charge on any atom is 0.334 e. The number of nitro groups is 1. The van der Waals surface area contributed by atoms with Crippen LogP contribution < -0.4 is 0 Å². The van der Waals surface area contributed by atoms with Gasteiger partial charge in [0.05, 0.1) is 4.92 Å². The molecule has 0 amide bonds. The van der Waals surface area contributed by atoms with E-state index in [0.717, 1.165) is 16.7 Å². The second-order valence-electron chi connectivity index (χ2n) is 8.11. The molecule has 1 aliphatic rings. The first kappa shape index (κ1) is 21.1. The van der Waals surface area contributed by atoms with E-state index in [0.29, 0.717) is 16.1 Å². The van der Waals surface area contributed by atoms with Gasteiger partial charge >= 0.3 is 5.69 Å². The minimum absolute atomic E-state index is 0.0307. The van der Waals surface area contributed by atoms with Crippen LogP contribution in [0.5, 0.6) is 0 Å². The average molecular weight is 459 g/mol. The van der Waals surface area contributed by atoms with Gasteiger partial charge in [0.2, 0.25) is 5.76 Å². The highest BCUT2D eigenvalue weighted by Crippen LogP contribution is 2.48. The van der Waals surface area contributed by atoms with Crippen LogP contribution in [0.15, 0.2) is 77.3 Å². The van der Waals surface area contributed by atoms with Crippen molar-refractivity contribution in [2.24, 2.45) is 0 Å². The highest BCUT2D eigenvalue weighted by atomic mass is 35.5. The quantitative estimate of drug-likeness (QED) is 0.260. The molecule has 6 nitrogen and oxygen atoms in total. The Morgan fingerprint density at radius 1 is 1.00 bits per heavy atom. The highest BCUT2D eigenvalue weighted by Gasteiger charge is 2.39. The van der Waals surface area contributed by atoms with E-state index in [1.165, 1.54) is 0 Å². The maximum absolute atomic E-state index is 13.2. The van der Waals surface area contributed by atoms with E-state index in [2.05, 4.69) is 5.16 Å². The lowest BCUT2D eigenvalue weighted by atomic mass is 9.68. The number of ketones is 1. The van der Waals surface area contributed by atoms with E-state index < -0.39 is 4.92 Å². The van der Waals surface area contributed by atoms with Crippen molar-refractivity contribution in [2.45, 2.75) is 25.2 Å². The van der Waals surface area contributed by atoms with Gasteiger partial charge in [0.15, 0.2) is 11.5 Å². The van der Waals surface area contributed by atoms with Crippen LogP contribution in [0.1, 0.15) is 55.9 Å². The molecule has 0 radical (unpaired) electrons. The van der Waals surface area contributed by atoms with Crippen molar-refractivity contribution >= 4 is 23.1 Å². The molecule has 5 rings (SSSR count). The van der Waals surface area contributed by atoms with Gasteiger partial charge in [-0.1, -0.05) is 83.5 Å². The lowest BCUT2D eigenvalue weighted by Crippen LogP contribution is -2.25. The second-order valence-corrected chi connectivity index (χ2v) is 8.52.